The Bertz CT molecular complexity index is 1290. The highest BCUT2D eigenvalue weighted by atomic mass is 16.5. The minimum atomic E-state index is -0.312. The molecule has 3 aromatic carbocycles. The summed E-state index contributed by atoms with van der Waals surface area (Å²) in [5.74, 6) is 0.0497. The molecule has 0 aromatic heterocycles. The van der Waals surface area contributed by atoms with Gasteiger partial charge in [-0.1, -0.05) is 78.9 Å². The molecule has 0 aliphatic heterocycles. The molecule has 0 N–H and O–H groups in total. The summed E-state index contributed by atoms with van der Waals surface area (Å²) in [7, 11) is 3.26. The van der Waals surface area contributed by atoms with Crippen LogP contribution in [0.4, 0.5) is 0 Å². The zero-order chi connectivity index (χ0) is 26.7. The monoisotopic (exact) mass is 512 g/mol. The van der Waals surface area contributed by atoms with Crippen LogP contribution in [0.5, 0.6) is 5.75 Å². The maximum absolute atomic E-state index is 12.5. The van der Waals surface area contributed by atoms with Crippen molar-refractivity contribution in [3.05, 3.63) is 119 Å². The molecule has 0 amide bonds. The number of hydrogen-bond donors (Lipinski definition) is 0. The molecule has 1 aliphatic carbocycles. The minimum absolute atomic E-state index is 0.128. The lowest BCUT2D eigenvalue weighted by molar-refractivity contribution is -0.145. The van der Waals surface area contributed by atoms with Crippen molar-refractivity contribution in [3.8, 4) is 5.75 Å². The summed E-state index contributed by atoms with van der Waals surface area (Å²) < 4.78 is 22.3. The largest absolute Gasteiger partial charge is 0.496 e. The van der Waals surface area contributed by atoms with E-state index in [0.29, 0.717) is 12.2 Å². The zero-order valence-electron chi connectivity index (χ0n) is 21.7. The first kappa shape index (κ1) is 26.9. The fraction of sp³-hybridized carbons (Fsp3) is 0.250. The van der Waals surface area contributed by atoms with Gasteiger partial charge in [-0.15, -0.1) is 0 Å². The first-order chi connectivity index (χ1) is 18.6. The van der Waals surface area contributed by atoms with Gasteiger partial charge in [0.25, 0.3) is 0 Å². The fourth-order valence-electron chi connectivity index (χ4n) is 4.34. The average molecular weight is 513 g/mol. The van der Waals surface area contributed by atoms with Crippen molar-refractivity contribution in [2.45, 2.75) is 38.6 Å². The lowest BCUT2D eigenvalue weighted by Crippen LogP contribution is -2.17. The average Bonchev–Trinajstić information content (AvgIpc) is 2.96. The van der Waals surface area contributed by atoms with Crippen molar-refractivity contribution in [1.29, 1.82) is 0 Å². The summed E-state index contributed by atoms with van der Waals surface area (Å²) in [6.07, 6.45) is 4.63. The molecular weight excluding hydrogens is 480 g/mol. The molecule has 6 heteroatoms. The maximum Gasteiger partial charge on any atom is 0.310 e. The molecule has 0 radical (unpaired) electrons. The molecular formula is C32H32O6. The van der Waals surface area contributed by atoms with Crippen molar-refractivity contribution in [2.24, 2.45) is 0 Å². The van der Waals surface area contributed by atoms with E-state index in [2.05, 4.69) is 0 Å². The topological polar surface area (TPSA) is 71.1 Å². The molecule has 0 spiro atoms. The Morgan fingerprint density at radius 2 is 1.37 bits per heavy atom. The Morgan fingerprint density at radius 1 is 0.763 bits per heavy atom. The van der Waals surface area contributed by atoms with Gasteiger partial charge in [0.05, 0.1) is 26.1 Å². The zero-order valence-corrected chi connectivity index (χ0v) is 21.7. The smallest absolute Gasteiger partial charge is 0.310 e. The molecule has 0 fully saturated rings. The number of esters is 2. The number of ether oxygens (including phenoxy) is 4. The van der Waals surface area contributed by atoms with Crippen LogP contribution in [-0.2, 0) is 43.4 Å². The van der Waals surface area contributed by atoms with Gasteiger partial charge < -0.3 is 18.9 Å². The van der Waals surface area contributed by atoms with E-state index in [-0.39, 0.29) is 44.1 Å². The summed E-state index contributed by atoms with van der Waals surface area (Å²) in [5, 5.41) is 0. The third-order valence-electron chi connectivity index (χ3n) is 6.32. The van der Waals surface area contributed by atoms with Crippen LogP contribution in [0.2, 0.25) is 0 Å². The van der Waals surface area contributed by atoms with E-state index in [0.717, 1.165) is 33.4 Å². The molecule has 0 saturated heterocycles. The molecule has 38 heavy (non-hydrogen) atoms. The molecule has 6 nitrogen and oxygen atoms in total. The minimum Gasteiger partial charge on any atom is -0.496 e. The first-order valence-corrected chi connectivity index (χ1v) is 12.6. The van der Waals surface area contributed by atoms with Crippen LogP contribution < -0.4 is 4.74 Å². The van der Waals surface area contributed by atoms with Crippen LogP contribution in [0.15, 0.2) is 96.6 Å². The SMILES string of the molecule is COc1ccc(CC(=O)OCc2ccccc2)cc1C1=CC(CC(=O)OCc2ccccc2)=CCC1OC. The van der Waals surface area contributed by atoms with Gasteiger partial charge in [0, 0.05) is 12.7 Å². The van der Waals surface area contributed by atoms with Gasteiger partial charge in [-0.05, 0) is 46.4 Å². The van der Waals surface area contributed by atoms with Crippen LogP contribution in [0.25, 0.3) is 5.57 Å². The van der Waals surface area contributed by atoms with Crippen LogP contribution in [0, 0.1) is 0 Å². The first-order valence-electron chi connectivity index (χ1n) is 12.6. The van der Waals surface area contributed by atoms with Gasteiger partial charge in [-0.25, -0.2) is 0 Å². The normalized spacial score (nSPS) is 14.7. The summed E-state index contributed by atoms with van der Waals surface area (Å²) in [6, 6.07) is 24.8. The second-order valence-electron chi connectivity index (χ2n) is 9.02. The van der Waals surface area contributed by atoms with Gasteiger partial charge in [-0.2, -0.15) is 0 Å². The number of methoxy groups -OCH3 is 2. The second kappa shape index (κ2) is 13.4. The second-order valence-corrected chi connectivity index (χ2v) is 9.02. The quantitative estimate of drug-likeness (QED) is 0.301. The Kier molecular flexibility index (Phi) is 9.48. The predicted molar refractivity (Wildman–Crippen MR) is 145 cm³/mol. The van der Waals surface area contributed by atoms with Crippen molar-refractivity contribution in [3.63, 3.8) is 0 Å². The van der Waals surface area contributed by atoms with Crippen molar-refractivity contribution >= 4 is 17.5 Å². The molecule has 0 heterocycles. The fourth-order valence-corrected chi connectivity index (χ4v) is 4.34. The van der Waals surface area contributed by atoms with Crippen molar-refractivity contribution < 1.29 is 28.5 Å². The predicted octanol–water partition coefficient (Wildman–Crippen LogP) is 5.84. The number of hydrogen-bond acceptors (Lipinski definition) is 6. The summed E-state index contributed by atoms with van der Waals surface area (Å²) in [6.45, 7) is 0.467. The number of benzene rings is 3. The number of carbonyl (C=O) groups excluding carboxylic acids is 2. The van der Waals surface area contributed by atoms with Gasteiger partial charge in [0.2, 0.25) is 0 Å². The van der Waals surface area contributed by atoms with E-state index in [1.807, 2.05) is 91.0 Å². The molecule has 1 unspecified atom stereocenters. The highest BCUT2D eigenvalue weighted by Gasteiger charge is 2.24. The van der Waals surface area contributed by atoms with Crippen LogP contribution in [0.1, 0.15) is 35.1 Å². The Labute approximate surface area is 223 Å². The van der Waals surface area contributed by atoms with E-state index < -0.39 is 0 Å². The Morgan fingerprint density at radius 3 is 1.95 bits per heavy atom. The van der Waals surface area contributed by atoms with Crippen molar-refractivity contribution in [1.82, 2.24) is 0 Å². The molecule has 3 aromatic rings. The van der Waals surface area contributed by atoms with Gasteiger partial charge in [0.15, 0.2) is 0 Å². The Balaban J connectivity index is 1.46. The number of allylic oxidation sites excluding steroid dienone is 1. The summed E-state index contributed by atoms with van der Waals surface area (Å²) in [4.78, 5) is 25.1. The molecule has 1 atom stereocenters. The number of rotatable bonds is 11. The van der Waals surface area contributed by atoms with E-state index in [1.54, 1.807) is 14.2 Å². The molecule has 196 valence electrons. The van der Waals surface area contributed by atoms with E-state index in [4.69, 9.17) is 18.9 Å². The van der Waals surface area contributed by atoms with Gasteiger partial charge in [0.1, 0.15) is 19.0 Å². The molecule has 0 saturated carbocycles. The standard InChI is InChI=1S/C32H32O6/c1-35-29-15-13-25(19-31(33)37-21-23-9-5-3-6-10-23)17-27(29)28-18-26(14-16-30(28)36-2)20-32(34)38-22-24-11-7-4-8-12-24/h3-15,17-18,30H,16,19-22H2,1-2H3. The van der Waals surface area contributed by atoms with E-state index in [1.165, 1.54) is 0 Å². The lowest BCUT2D eigenvalue weighted by Gasteiger charge is -2.24. The lowest BCUT2D eigenvalue weighted by atomic mass is 9.88. The van der Waals surface area contributed by atoms with Gasteiger partial charge in [-0.3, -0.25) is 9.59 Å². The number of carbonyl (C=O) groups is 2. The summed E-state index contributed by atoms with van der Waals surface area (Å²) >= 11 is 0. The van der Waals surface area contributed by atoms with E-state index >= 15 is 0 Å². The summed E-state index contributed by atoms with van der Waals surface area (Å²) in [5.41, 5.74) is 5.23. The van der Waals surface area contributed by atoms with Crippen molar-refractivity contribution in [2.75, 3.05) is 14.2 Å². The highest BCUT2D eigenvalue weighted by Crippen LogP contribution is 2.36. The van der Waals surface area contributed by atoms with Crippen LogP contribution >= 0.6 is 0 Å². The maximum atomic E-state index is 12.5. The molecule has 0 bridgehead atoms. The third kappa shape index (κ3) is 7.43. The van der Waals surface area contributed by atoms with Gasteiger partial charge >= 0.3 is 11.9 Å². The third-order valence-corrected chi connectivity index (χ3v) is 6.32. The Hall–Kier alpha value is -4.16. The molecule has 1 aliphatic rings. The molecule has 4 rings (SSSR count). The van der Waals surface area contributed by atoms with Crippen LogP contribution in [0.3, 0.4) is 0 Å². The van der Waals surface area contributed by atoms with E-state index in [9.17, 15) is 9.59 Å². The van der Waals surface area contributed by atoms with Crippen LogP contribution in [-0.4, -0.2) is 32.3 Å². The highest BCUT2D eigenvalue weighted by molar-refractivity contribution is 5.81.